The van der Waals surface area contributed by atoms with Crippen LogP contribution in [-0.4, -0.2) is 12.1 Å². The van der Waals surface area contributed by atoms with E-state index in [0.717, 1.165) is 25.7 Å². The Morgan fingerprint density at radius 3 is 2.72 bits per heavy atom. The molecule has 1 aromatic carbocycles. The van der Waals surface area contributed by atoms with Gasteiger partial charge in [0.25, 0.3) is 0 Å². The molecule has 0 aliphatic rings. The average Bonchev–Trinajstić information content (AvgIpc) is 2.33. The fourth-order valence-corrected chi connectivity index (χ4v) is 1.76. The molecule has 0 aliphatic heterocycles. The van der Waals surface area contributed by atoms with E-state index < -0.39 is 0 Å². The monoisotopic (exact) mass is 252 g/mol. The summed E-state index contributed by atoms with van der Waals surface area (Å²) in [4.78, 5) is 11.8. The highest BCUT2D eigenvalue weighted by atomic mass is 19.1. The van der Waals surface area contributed by atoms with Crippen LogP contribution in [0.15, 0.2) is 18.2 Å². The van der Waals surface area contributed by atoms with Crippen LogP contribution in [0, 0.1) is 12.7 Å². The lowest BCUT2D eigenvalue weighted by Gasteiger charge is -2.13. The third-order valence-corrected chi connectivity index (χ3v) is 2.92. The summed E-state index contributed by atoms with van der Waals surface area (Å²) in [5, 5.41) is 0. The molecule has 1 unspecified atom stereocenters. The molecule has 0 bridgehead atoms. The molecule has 0 aromatic heterocycles. The van der Waals surface area contributed by atoms with E-state index in [0.29, 0.717) is 11.1 Å². The molecule has 0 amide bonds. The molecule has 0 N–H and O–H groups in total. The molecule has 3 heteroatoms. The fraction of sp³-hybridized carbons (Fsp3) is 0.533. The molecule has 0 spiro atoms. The number of ether oxygens (including phenoxy) is 1. The van der Waals surface area contributed by atoms with E-state index in [1.165, 1.54) is 18.2 Å². The van der Waals surface area contributed by atoms with Gasteiger partial charge in [-0.2, -0.15) is 0 Å². The Labute approximate surface area is 108 Å². The van der Waals surface area contributed by atoms with Gasteiger partial charge in [-0.3, -0.25) is 0 Å². The smallest absolute Gasteiger partial charge is 0.338 e. The predicted octanol–water partition coefficient (Wildman–Crippen LogP) is 4.26. The van der Waals surface area contributed by atoms with E-state index in [1.54, 1.807) is 6.92 Å². The number of rotatable bonds is 6. The third-order valence-electron chi connectivity index (χ3n) is 2.92. The van der Waals surface area contributed by atoms with Gasteiger partial charge >= 0.3 is 5.97 Å². The first kappa shape index (κ1) is 14.7. The summed E-state index contributed by atoms with van der Waals surface area (Å²) in [5.41, 5.74) is 0.874. The summed E-state index contributed by atoms with van der Waals surface area (Å²) in [7, 11) is 0. The van der Waals surface area contributed by atoms with Gasteiger partial charge in [-0.15, -0.1) is 0 Å². The normalized spacial score (nSPS) is 12.2. The highest BCUT2D eigenvalue weighted by Crippen LogP contribution is 2.13. The van der Waals surface area contributed by atoms with Gasteiger partial charge in [0.05, 0.1) is 11.7 Å². The van der Waals surface area contributed by atoms with E-state index in [4.69, 9.17) is 4.74 Å². The van der Waals surface area contributed by atoms with Gasteiger partial charge in [0.2, 0.25) is 0 Å². The van der Waals surface area contributed by atoms with Crippen LogP contribution >= 0.6 is 0 Å². The number of hydrogen-bond donors (Lipinski definition) is 0. The maximum absolute atomic E-state index is 13.1. The second kappa shape index (κ2) is 7.14. The quantitative estimate of drug-likeness (QED) is 0.558. The molecular formula is C15H21FO2. The second-order valence-electron chi connectivity index (χ2n) is 4.68. The summed E-state index contributed by atoms with van der Waals surface area (Å²) in [6.45, 7) is 5.67. The van der Waals surface area contributed by atoms with Crippen LogP contribution in [0.2, 0.25) is 0 Å². The molecule has 0 saturated carbocycles. The number of hydrogen-bond acceptors (Lipinski definition) is 2. The highest BCUT2D eigenvalue weighted by Gasteiger charge is 2.12. The van der Waals surface area contributed by atoms with Gasteiger partial charge in [0.1, 0.15) is 5.82 Å². The molecule has 100 valence electrons. The van der Waals surface area contributed by atoms with Crippen LogP contribution in [0.1, 0.15) is 55.5 Å². The lowest BCUT2D eigenvalue weighted by molar-refractivity contribution is 0.0319. The standard InChI is InChI=1S/C15H21FO2/c1-4-5-6-7-12(3)18-15(17)13-8-9-14(16)11(2)10-13/h8-10,12H,4-7H2,1-3H3. The van der Waals surface area contributed by atoms with E-state index in [2.05, 4.69) is 6.92 Å². The SMILES string of the molecule is CCCCCC(C)OC(=O)c1ccc(F)c(C)c1. The van der Waals surface area contributed by atoms with E-state index in [-0.39, 0.29) is 17.9 Å². The minimum absolute atomic E-state index is 0.0885. The second-order valence-corrected chi connectivity index (χ2v) is 4.68. The van der Waals surface area contributed by atoms with Crippen molar-refractivity contribution in [2.24, 2.45) is 0 Å². The number of benzene rings is 1. The molecule has 0 radical (unpaired) electrons. The lowest BCUT2D eigenvalue weighted by atomic mass is 10.1. The number of carbonyl (C=O) groups is 1. The van der Waals surface area contributed by atoms with E-state index >= 15 is 0 Å². The van der Waals surface area contributed by atoms with E-state index in [9.17, 15) is 9.18 Å². The minimum Gasteiger partial charge on any atom is -0.459 e. The van der Waals surface area contributed by atoms with Crippen LogP contribution in [0.25, 0.3) is 0 Å². The number of carbonyl (C=O) groups excluding carboxylic acids is 1. The van der Waals surface area contributed by atoms with Crippen molar-refractivity contribution in [1.82, 2.24) is 0 Å². The van der Waals surface area contributed by atoms with Crippen LogP contribution in [0.3, 0.4) is 0 Å². The molecule has 0 heterocycles. The summed E-state index contributed by atoms with van der Waals surface area (Å²) in [5.74, 6) is -0.676. The van der Waals surface area contributed by atoms with Gasteiger partial charge < -0.3 is 4.74 Å². The summed E-state index contributed by atoms with van der Waals surface area (Å²) < 4.78 is 18.4. The van der Waals surface area contributed by atoms with Crippen molar-refractivity contribution in [3.05, 3.63) is 35.1 Å². The molecule has 1 rings (SSSR count). The molecular weight excluding hydrogens is 231 g/mol. The largest absolute Gasteiger partial charge is 0.459 e. The zero-order chi connectivity index (χ0) is 13.5. The maximum atomic E-state index is 13.1. The molecule has 1 aromatic rings. The fourth-order valence-electron chi connectivity index (χ4n) is 1.76. The minimum atomic E-state index is -0.373. The van der Waals surface area contributed by atoms with Crippen LogP contribution < -0.4 is 0 Å². The molecule has 0 aliphatic carbocycles. The number of halogens is 1. The Bertz CT molecular complexity index is 401. The summed E-state index contributed by atoms with van der Waals surface area (Å²) >= 11 is 0. The first-order valence-electron chi connectivity index (χ1n) is 6.51. The Morgan fingerprint density at radius 1 is 1.39 bits per heavy atom. The van der Waals surface area contributed by atoms with Gasteiger partial charge in [0.15, 0.2) is 0 Å². The highest BCUT2D eigenvalue weighted by molar-refractivity contribution is 5.89. The van der Waals surface area contributed by atoms with Crippen LogP contribution in [0.5, 0.6) is 0 Å². The van der Waals surface area contributed by atoms with Crippen molar-refractivity contribution in [3.63, 3.8) is 0 Å². The molecule has 1 atom stereocenters. The van der Waals surface area contributed by atoms with Crippen molar-refractivity contribution >= 4 is 5.97 Å². The van der Waals surface area contributed by atoms with Gasteiger partial charge in [-0.1, -0.05) is 19.8 Å². The molecule has 18 heavy (non-hydrogen) atoms. The van der Waals surface area contributed by atoms with Crippen molar-refractivity contribution < 1.29 is 13.9 Å². The molecule has 2 nitrogen and oxygen atoms in total. The van der Waals surface area contributed by atoms with Gasteiger partial charge in [-0.25, -0.2) is 9.18 Å². The Hall–Kier alpha value is -1.38. The number of esters is 1. The Balaban J connectivity index is 2.51. The number of unbranched alkanes of at least 4 members (excludes halogenated alkanes) is 2. The Kier molecular flexibility index (Phi) is 5.83. The maximum Gasteiger partial charge on any atom is 0.338 e. The zero-order valence-corrected chi connectivity index (χ0v) is 11.3. The lowest BCUT2D eigenvalue weighted by Crippen LogP contribution is -2.15. The number of aryl methyl sites for hydroxylation is 1. The Morgan fingerprint density at radius 2 is 2.11 bits per heavy atom. The average molecular weight is 252 g/mol. The first-order chi connectivity index (χ1) is 8.54. The van der Waals surface area contributed by atoms with Gasteiger partial charge in [-0.05, 0) is 50.5 Å². The topological polar surface area (TPSA) is 26.3 Å². The van der Waals surface area contributed by atoms with Crippen molar-refractivity contribution in [2.75, 3.05) is 0 Å². The van der Waals surface area contributed by atoms with Crippen molar-refractivity contribution in [1.29, 1.82) is 0 Å². The first-order valence-corrected chi connectivity index (χ1v) is 6.51. The summed E-state index contributed by atoms with van der Waals surface area (Å²) in [6.07, 6.45) is 4.15. The van der Waals surface area contributed by atoms with Crippen LogP contribution in [-0.2, 0) is 4.74 Å². The third kappa shape index (κ3) is 4.47. The van der Waals surface area contributed by atoms with Gasteiger partial charge in [0, 0.05) is 0 Å². The molecule has 0 saturated heterocycles. The van der Waals surface area contributed by atoms with Crippen LogP contribution in [0.4, 0.5) is 4.39 Å². The predicted molar refractivity (Wildman–Crippen MR) is 70.2 cm³/mol. The molecule has 0 fully saturated rings. The van der Waals surface area contributed by atoms with Crippen molar-refractivity contribution in [3.8, 4) is 0 Å². The van der Waals surface area contributed by atoms with Crippen molar-refractivity contribution in [2.45, 2.75) is 52.6 Å². The zero-order valence-electron chi connectivity index (χ0n) is 11.3. The summed E-state index contributed by atoms with van der Waals surface area (Å²) in [6, 6.07) is 4.29. The van der Waals surface area contributed by atoms with E-state index in [1.807, 2.05) is 6.92 Å².